The highest BCUT2D eigenvalue weighted by atomic mass is 35.5. The summed E-state index contributed by atoms with van der Waals surface area (Å²) in [5, 5.41) is 4.55. The van der Waals surface area contributed by atoms with Crippen LogP contribution in [0.4, 0.5) is 8.78 Å². The second kappa shape index (κ2) is 8.20. The van der Waals surface area contributed by atoms with Crippen LogP contribution >= 0.6 is 11.6 Å². The van der Waals surface area contributed by atoms with Gasteiger partial charge in [0.15, 0.2) is 5.78 Å². The molecule has 158 valence electrons. The number of hydrogen-bond acceptors (Lipinski definition) is 4. The number of carbonyl (C=O) groups is 1. The molecule has 0 saturated carbocycles. The summed E-state index contributed by atoms with van der Waals surface area (Å²) in [5.41, 5.74) is 0.967. The summed E-state index contributed by atoms with van der Waals surface area (Å²) in [6.07, 6.45) is 1.23. The first kappa shape index (κ1) is 21.1. The minimum absolute atomic E-state index is 0.0120. The average Bonchev–Trinajstić information content (AvgIpc) is 3.14. The number of hydrogen-bond donors (Lipinski definition) is 0. The molecule has 0 aliphatic rings. The van der Waals surface area contributed by atoms with E-state index in [0.29, 0.717) is 16.5 Å². The zero-order valence-electron chi connectivity index (χ0n) is 15.9. The maximum Gasteiger partial charge on any atom is 0.258 e. The van der Waals surface area contributed by atoms with Gasteiger partial charge in [-0.25, -0.2) is 17.2 Å². The highest BCUT2D eigenvalue weighted by Gasteiger charge is 2.20. The van der Waals surface area contributed by atoms with Gasteiger partial charge in [0.25, 0.3) is 10.0 Å². The molecular formula is C22H15ClF2N2O3S. The van der Waals surface area contributed by atoms with Crippen molar-refractivity contribution in [1.29, 1.82) is 0 Å². The minimum atomic E-state index is -3.90. The summed E-state index contributed by atoms with van der Waals surface area (Å²) in [5.74, 6) is -2.08. The number of rotatable bonds is 6. The monoisotopic (exact) mass is 460 g/mol. The van der Waals surface area contributed by atoms with E-state index in [2.05, 4.69) is 5.10 Å². The second-order valence-electron chi connectivity index (χ2n) is 6.96. The summed E-state index contributed by atoms with van der Waals surface area (Å²) < 4.78 is 53.8. The van der Waals surface area contributed by atoms with Crippen molar-refractivity contribution in [3.63, 3.8) is 0 Å². The molecule has 31 heavy (non-hydrogen) atoms. The molecule has 0 fully saturated rings. The van der Waals surface area contributed by atoms with E-state index in [0.717, 1.165) is 10.2 Å². The van der Waals surface area contributed by atoms with Crippen molar-refractivity contribution in [2.75, 3.05) is 0 Å². The van der Waals surface area contributed by atoms with E-state index in [9.17, 15) is 22.0 Å². The van der Waals surface area contributed by atoms with Crippen LogP contribution in [-0.4, -0.2) is 23.4 Å². The maximum atomic E-state index is 14.0. The topological polar surface area (TPSA) is 69.0 Å². The van der Waals surface area contributed by atoms with Gasteiger partial charge in [-0.15, -0.1) is 0 Å². The lowest BCUT2D eigenvalue weighted by Crippen LogP contribution is -2.16. The van der Waals surface area contributed by atoms with Crippen molar-refractivity contribution < 1.29 is 22.0 Å². The minimum Gasteiger partial charge on any atom is -0.294 e. The first-order valence-electron chi connectivity index (χ1n) is 9.16. The molecule has 0 atom stereocenters. The highest BCUT2D eigenvalue weighted by molar-refractivity contribution is 7.89. The van der Waals surface area contributed by atoms with Gasteiger partial charge in [-0.3, -0.25) is 4.79 Å². The van der Waals surface area contributed by atoms with Crippen LogP contribution in [0.1, 0.15) is 21.5 Å². The van der Waals surface area contributed by atoms with Gasteiger partial charge in [0.1, 0.15) is 11.6 Å². The summed E-state index contributed by atoms with van der Waals surface area (Å²) in [6, 6.07) is 13.9. The number of aromatic nitrogens is 2. The fourth-order valence-corrected chi connectivity index (χ4v) is 4.92. The number of Topliss-reactive ketones (excluding diaryl/α,β-unsaturated/α-hetero) is 1. The van der Waals surface area contributed by atoms with E-state index in [1.807, 2.05) is 0 Å². The van der Waals surface area contributed by atoms with E-state index in [4.69, 9.17) is 11.6 Å². The quantitative estimate of drug-likeness (QED) is 0.389. The van der Waals surface area contributed by atoms with Gasteiger partial charge in [0.05, 0.1) is 28.1 Å². The van der Waals surface area contributed by atoms with Crippen LogP contribution < -0.4 is 0 Å². The van der Waals surface area contributed by atoms with Crippen LogP contribution in [0.5, 0.6) is 0 Å². The molecule has 3 aromatic carbocycles. The Morgan fingerprint density at radius 3 is 2.42 bits per heavy atom. The molecule has 0 saturated heterocycles. The number of ketones is 1. The number of nitrogens with zero attached hydrogens (tertiary/aromatic N) is 2. The SMILES string of the molecule is O=C(Cc1ccc2cnn(S(=O)(=O)Cc3ccc(F)cc3)c2c1)c1c(F)cccc1Cl. The predicted octanol–water partition coefficient (Wildman–Crippen LogP) is 4.77. The molecule has 0 aliphatic carbocycles. The maximum absolute atomic E-state index is 14.0. The summed E-state index contributed by atoms with van der Waals surface area (Å²) in [6.45, 7) is 0. The van der Waals surface area contributed by atoms with E-state index in [-0.39, 0.29) is 28.3 Å². The van der Waals surface area contributed by atoms with Crippen molar-refractivity contribution in [3.8, 4) is 0 Å². The van der Waals surface area contributed by atoms with E-state index < -0.39 is 27.4 Å². The molecular weight excluding hydrogens is 446 g/mol. The predicted molar refractivity (Wildman–Crippen MR) is 114 cm³/mol. The van der Waals surface area contributed by atoms with Gasteiger partial charge < -0.3 is 0 Å². The molecule has 0 spiro atoms. The third kappa shape index (κ3) is 4.35. The Morgan fingerprint density at radius 1 is 1.00 bits per heavy atom. The number of fused-ring (bicyclic) bond motifs is 1. The zero-order valence-corrected chi connectivity index (χ0v) is 17.5. The van der Waals surface area contributed by atoms with E-state index in [1.165, 1.54) is 48.7 Å². The van der Waals surface area contributed by atoms with Crippen LogP contribution in [0.2, 0.25) is 5.02 Å². The van der Waals surface area contributed by atoms with Crippen molar-refractivity contribution in [2.45, 2.75) is 12.2 Å². The molecule has 0 aliphatic heterocycles. The van der Waals surface area contributed by atoms with Gasteiger partial charge in [-0.05, 0) is 41.5 Å². The molecule has 0 radical (unpaired) electrons. The molecule has 5 nitrogen and oxygen atoms in total. The normalized spacial score (nSPS) is 11.7. The fraction of sp³-hybridized carbons (Fsp3) is 0.0909. The standard InChI is InChI=1S/C22H15ClF2N2O3S/c23-18-2-1-3-19(25)22(18)21(28)11-15-4-7-16-12-26-27(20(16)10-15)31(29,30)13-14-5-8-17(24)9-6-14/h1-10,12H,11,13H2. The molecule has 9 heteroatoms. The number of halogens is 3. The molecule has 0 bridgehead atoms. The highest BCUT2D eigenvalue weighted by Crippen LogP contribution is 2.24. The molecule has 0 unspecified atom stereocenters. The van der Waals surface area contributed by atoms with Gasteiger partial charge in [0.2, 0.25) is 0 Å². The number of carbonyl (C=O) groups excluding carboxylic acids is 1. The lowest BCUT2D eigenvalue weighted by Gasteiger charge is -2.08. The van der Waals surface area contributed by atoms with Crippen LogP contribution in [0, 0.1) is 11.6 Å². The van der Waals surface area contributed by atoms with Crippen LogP contribution in [0.15, 0.2) is 66.9 Å². The van der Waals surface area contributed by atoms with Crippen molar-refractivity contribution >= 4 is 38.3 Å². The smallest absolute Gasteiger partial charge is 0.258 e. The Balaban J connectivity index is 1.66. The molecule has 1 aromatic heterocycles. The van der Waals surface area contributed by atoms with Gasteiger partial charge in [-0.1, -0.05) is 41.9 Å². The Bertz CT molecular complexity index is 1380. The van der Waals surface area contributed by atoms with Crippen LogP contribution in [0.25, 0.3) is 10.9 Å². The molecule has 4 aromatic rings. The van der Waals surface area contributed by atoms with Crippen molar-refractivity contribution in [2.24, 2.45) is 0 Å². The van der Waals surface area contributed by atoms with Gasteiger partial charge >= 0.3 is 0 Å². The van der Waals surface area contributed by atoms with Crippen LogP contribution in [0.3, 0.4) is 0 Å². The third-order valence-corrected chi connectivity index (χ3v) is 6.57. The molecule has 4 rings (SSSR count). The van der Waals surface area contributed by atoms with E-state index in [1.54, 1.807) is 12.1 Å². The lowest BCUT2D eigenvalue weighted by atomic mass is 10.0. The van der Waals surface area contributed by atoms with Gasteiger partial charge in [-0.2, -0.15) is 9.19 Å². The first-order valence-corrected chi connectivity index (χ1v) is 11.1. The Labute approximate surface area is 181 Å². The first-order chi connectivity index (χ1) is 14.7. The number of benzene rings is 3. The summed E-state index contributed by atoms with van der Waals surface area (Å²) in [4.78, 5) is 12.6. The average molecular weight is 461 g/mol. The largest absolute Gasteiger partial charge is 0.294 e. The lowest BCUT2D eigenvalue weighted by molar-refractivity contribution is 0.0989. The molecule has 0 N–H and O–H groups in total. The second-order valence-corrected chi connectivity index (χ2v) is 9.17. The Morgan fingerprint density at radius 2 is 1.71 bits per heavy atom. The Kier molecular flexibility index (Phi) is 5.60. The Hall–Kier alpha value is -3.10. The van der Waals surface area contributed by atoms with Crippen molar-refractivity contribution in [1.82, 2.24) is 9.19 Å². The molecule has 1 heterocycles. The summed E-state index contributed by atoms with van der Waals surface area (Å²) in [7, 11) is -3.90. The van der Waals surface area contributed by atoms with Gasteiger partial charge in [0, 0.05) is 11.8 Å². The summed E-state index contributed by atoms with van der Waals surface area (Å²) >= 11 is 5.96. The fourth-order valence-electron chi connectivity index (χ4n) is 3.26. The van der Waals surface area contributed by atoms with E-state index >= 15 is 0 Å². The molecule has 0 amide bonds. The van der Waals surface area contributed by atoms with Crippen molar-refractivity contribution in [3.05, 3.63) is 100 Å². The zero-order chi connectivity index (χ0) is 22.2. The van der Waals surface area contributed by atoms with Crippen LogP contribution in [-0.2, 0) is 22.2 Å². The third-order valence-electron chi connectivity index (χ3n) is 4.73.